The van der Waals surface area contributed by atoms with Crippen molar-refractivity contribution in [1.82, 2.24) is 0 Å². The van der Waals surface area contributed by atoms with Crippen molar-refractivity contribution in [2.45, 2.75) is 12.2 Å². The van der Waals surface area contributed by atoms with Crippen LogP contribution >= 0.6 is 11.8 Å². The van der Waals surface area contributed by atoms with E-state index in [1.165, 1.54) is 10.5 Å². The number of halogens is 2. The molecule has 0 radical (unpaired) electrons. The van der Waals surface area contributed by atoms with Gasteiger partial charge in [0, 0.05) is 10.2 Å². The summed E-state index contributed by atoms with van der Waals surface area (Å²) >= 11 is 1.94. The van der Waals surface area contributed by atoms with Crippen LogP contribution in [0.5, 0.6) is 0 Å². The number of hydrogen-bond donors (Lipinski definition) is 0. The third kappa shape index (κ3) is 3.07. The molecule has 2 rings (SSSR count). The quantitative estimate of drug-likeness (QED) is 0.447. The van der Waals surface area contributed by atoms with Crippen LogP contribution in [0.4, 0.5) is 0 Å². The van der Waals surface area contributed by atoms with E-state index in [2.05, 4.69) is 31.2 Å². The van der Waals surface area contributed by atoms with Crippen molar-refractivity contribution in [2.24, 2.45) is 0 Å². The minimum Gasteiger partial charge on any atom is -1.00 e. The normalized spacial score (nSPS) is 22.6. The van der Waals surface area contributed by atoms with Crippen LogP contribution in [-0.4, -0.2) is 5.25 Å². The van der Waals surface area contributed by atoms with E-state index in [9.17, 15) is 0 Å². The summed E-state index contributed by atoms with van der Waals surface area (Å²) in [5.41, 5.74) is 1.42. The van der Waals surface area contributed by atoms with Crippen LogP contribution in [0.3, 0.4) is 0 Å². The Morgan fingerprint density at radius 2 is 2.00 bits per heavy atom. The molecular weight excluding hydrogens is 290 g/mol. The maximum Gasteiger partial charge on any atom is 2.00 e. The van der Waals surface area contributed by atoms with E-state index in [1.54, 1.807) is 0 Å². The molecule has 1 atom stereocenters. The summed E-state index contributed by atoms with van der Waals surface area (Å²) < 4.78 is 0. The Labute approximate surface area is 109 Å². The molecule has 0 fully saturated rings. The third-order valence-electron chi connectivity index (χ3n) is 1.54. The maximum atomic E-state index is 2.31. The van der Waals surface area contributed by atoms with Gasteiger partial charge in [-0.05, 0) is 18.6 Å². The van der Waals surface area contributed by atoms with Gasteiger partial charge in [-0.3, -0.25) is 0 Å². The van der Waals surface area contributed by atoms with Gasteiger partial charge in [-0.2, -0.15) is 0 Å². The molecule has 0 saturated carbocycles. The van der Waals surface area contributed by atoms with E-state index >= 15 is 0 Å². The van der Waals surface area contributed by atoms with Gasteiger partial charge < -0.3 is 24.8 Å². The largest absolute Gasteiger partial charge is 2.00 e. The zero-order valence-corrected chi connectivity index (χ0v) is 11.3. The van der Waals surface area contributed by atoms with E-state index in [0.717, 1.165) is 0 Å². The summed E-state index contributed by atoms with van der Waals surface area (Å²) in [6.07, 6.45) is 8.77. The van der Waals surface area contributed by atoms with Gasteiger partial charge in [0.05, 0.1) is 0 Å². The summed E-state index contributed by atoms with van der Waals surface area (Å²) in [4.78, 5) is 1.45. The molecule has 0 aromatic heterocycles. The second-order valence-corrected chi connectivity index (χ2v) is 3.75. The molecule has 0 nitrogen and oxygen atoms in total. The van der Waals surface area contributed by atoms with E-state index in [1.807, 2.05) is 11.8 Å². The van der Waals surface area contributed by atoms with Crippen molar-refractivity contribution in [3.05, 3.63) is 34.8 Å². The summed E-state index contributed by atoms with van der Waals surface area (Å²) in [7, 11) is 0. The molecule has 0 bridgehead atoms. The molecule has 0 amide bonds. The number of fused-ring (bicyclic) bond motifs is 1. The molecule has 2 aliphatic rings. The van der Waals surface area contributed by atoms with E-state index in [4.69, 9.17) is 0 Å². The Balaban J connectivity index is 0. The predicted octanol–water partition coefficient (Wildman–Crippen LogP) is -3.49. The zero-order valence-electron chi connectivity index (χ0n) is 6.55. The van der Waals surface area contributed by atoms with Gasteiger partial charge in [-0.25, -0.2) is 0 Å². The molecule has 0 spiro atoms. The summed E-state index contributed by atoms with van der Waals surface area (Å²) in [6.45, 7) is 2.23. The smallest absolute Gasteiger partial charge is 1.00 e. The van der Waals surface area contributed by atoms with Gasteiger partial charge in [-0.15, -0.1) is 11.8 Å². The van der Waals surface area contributed by atoms with Crippen molar-refractivity contribution in [3.63, 3.8) is 0 Å². The minimum absolute atomic E-state index is 0. The first-order valence-electron chi connectivity index (χ1n) is 3.13. The number of hydrogen-bond acceptors (Lipinski definition) is 1. The first kappa shape index (κ1) is 15.5. The molecule has 0 saturated heterocycles. The molecule has 1 aliphatic heterocycles. The average Bonchev–Trinajstić information content (AvgIpc) is 2.22. The Morgan fingerprint density at radius 1 is 1.33 bits per heavy atom. The summed E-state index contributed by atoms with van der Waals surface area (Å²) in [5.74, 6) is 0. The second kappa shape index (κ2) is 6.48. The fraction of sp³-hybridized carbons (Fsp3) is 0.250. The third-order valence-corrected chi connectivity index (χ3v) is 2.67. The van der Waals surface area contributed by atoms with Crippen LogP contribution in [-0.2, 0) is 26.2 Å². The van der Waals surface area contributed by atoms with Crippen LogP contribution < -0.4 is 24.8 Å². The number of allylic oxidation sites excluding steroid dienone is 4. The Morgan fingerprint density at radius 3 is 2.58 bits per heavy atom. The topological polar surface area (TPSA) is 0 Å². The molecule has 0 aromatic carbocycles. The summed E-state index contributed by atoms with van der Waals surface area (Å²) in [5, 5.41) is 0.691. The summed E-state index contributed by atoms with van der Waals surface area (Å²) in [6, 6.07) is 0. The molecule has 1 unspecified atom stereocenters. The van der Waals surface area contributed by atoms with Gasteiger partial charge in [0.2, 0.25) is 0 Å². The Kier molecular flexibility index (Phi) is 8.37. The second-order valence-electron chi connectivity index (χ2n) is 2.34. The average molecular weight is 298 g/mol. The van der Waals surface area contributed by atoms with Crippen molar-refractivity contribution < 1.29 is 51.0 Å². The van der Waals surface area contributed by atoms with Crippen molar-refractivity contribution in [1.29, 1.82) is 0 Å². The molecule has 1 heterocycles. The van der Waals surface area contributed by atoms with Crippen LogP contribution in [0.15, 0.2) is 34.8 Å². The van der Waals surface area contributed by atoms with E-state index in [0.29, 0.717) is 5.25 Å². The van der Waals surface area contributed by atoms with Gasteiger partial charge in [0.1, 0.15) is 0 Å². The van der Waals surface area contributed by atoms with Crippen LogP contribution in [0.2, 0.25) is 0 Å². The maximum absolute atomic E-state index is 2.31. The monoisotopic (exact) mass is 296 g/mol. The van der Waals surface area contributed by atoms with Crippen molar-refractivity contribution in [3.8, 4) is 0 Å². The van der Waals surface area contributed by atoms with Gasteiger partial charge >= 0.3 is 26.2 Å². The molecule has 1 aliphatic carbocycles. The van der Waals surface area contributed by atoms with Crippen LogP contribution in [0, 0.1) is 0 Å². The molecule has 64 valence electrons. The van der Waals surface area contributed by atoms with Gasteiger partial charge in [0.15, 0.2) is 0 Å². The minimum atomic E-state index is 0. The molecule has 0 aromatic rings. The van der Waals surface area contributed by atoms with Crippen molar-refractivity contribution >= 4 is 11.8 Å². The van der Waals surface area contributed by atoms with Gasteiger partial charge in [-0.1, -0.05) is 18.2 Å². The Bertz CT molecular complexity index is 233. The van der Waals surface area contributed by atoms with E-state index in [-0.39, 0.29) is 51.0 Å². The number of thioether (sulfide) groups is 1. The molecule has 12 heavy (non-hydrogen) atoms. The van der Waals surface area contributed by atoms with E-state index < -0.39 is 0 Å². The predicted molar refractivity (Wildman–Crippen MR) is 42.4 cm³/mol. The first-order valence-corrected chi connectivity index (χ1v) is 4.01. The number of rotatable bonds is 0. The fourth-order valence-electron chi connectivity index (χ4n) is 1.15. The molecular formula is C8H8Cl2SZr. The molecule has 4 heteroatoms. The SMILES string of the molecule is CC1C=C2C=CC=C2S1.[Cl-].[Cl-].[Zr+2]. The first-order chi connectivity index (χ1) is 4.36. The van der Waals surface area contributed by atoms with Gasteiger partial charge in [0.25, 0.3) is 0 Å². The molecule has 0 N–H and O–H groups in total. The Hall–Kier alpha value is 1.03. The van der Waals surface area contributed by atoms with Crippen molar-refractivity contribution in [2.75, 3.05) is 0 Å². The zero-order chi connectivity index (χ0) is 6.27. The fourth-order valence-corrected chi connectivity index (χ4v) is 2.19. The van der Waals surface area contributed by atoms with Crippen LogP contribution in [0.25, 0.3) is 0 Å². The standard InChI is InChI=1S/C8H8S.2ClH.Zr/c1-6-5-7-3-2-4-8(7)9-6;;;/h2-6H,1H3;2*1H;/q;;;+2/p-2. The van der Waals surface area contributed by atoms with Crippen LogP contribution in [0.1, 0.15) is 6.92 Å².